The van der Waals surface area contributed by atoms with Crippen molar-refractivity contribution in [2.24, 2.45) is 10.8 Å². The van der Waals surface area contributed by atoms with Crippen LogP contribution in [0.3, 0.4) is 0 Å². The van der Waals surface area contributed by atoms with Crippen LogP contribution in [-0.4, -0.2) is 42.2 Å². The standard InChI is InChI=1S/C20H28N2O3/c1-3-7-19-10-21-12-20(8-4-2,18(19)25)13-22(11-19)17(21)15-6-5-14(23)9-16(15)24/h5-6,9,17,23-24H,3-4,7-8,10-13H2,1-2H3/p+2. The Kier molecular flexibility index (Phi) is 3.85. The highest BCUT2D eigenvalue weighted by Crippen LogP contribution is 2.42. The van der Waals surface area contributed by atoms with Crippen molar-refractivity contribution in [3.05, 3.63) is 23.8 Å². The fourth-order valence-electron chi connectivity index (χ4n) is 6.32. The Morgan fingerprint density at radius 2 is 1.52 bits per heavy atom. The first-order chi connectivity index (χ1) is 11.9. The van der Waals surface area contributed by atoms with E-state index < -0.39 is 0 Å². The molecular formula is C20H30N2O3+2. The summed E-state index contributed by atoms with van der Waals surface area (Å²) in [6.07, 6.45) is 4.23. The molecule has 0 amide bonds. The number of rotatable bonds is 5. The molecule has 0 saturated carbocycles. The van der Waals surface area contributed by atoms with Crippen molar-refractivity contribution in [3.8, 4) is 11.5 Å². The topological polar surface area (TPSA) is 66.4 Å². The molecule has 4 heterocycles. The van der Waals surface area contributed by atoms with E-state index in [1.807, 2.05) is 6.07 Å². The number of hydrogen-bond acceptors (Lipinski definition) is 3. The van der Waals surface area contributed by atoms with Crippen LogP contribution in [0.5, 0.6) is 11.5 Å². The van der Waals surface area contributed by atoms with E-state index >= 15 is 0 Å². The predicted octanol–water partition coefficient (Wildman–Crippen LogP) is 0.0491. The van der Waals surface area contributed by atoms with Crippen molar-refractivity contribution in [2.45, 2.75) is 45.7 Å². The molecule has 0 unspecified atom stereocenters. The van der Waals surface area contributed by atoms with Gasteiger partial charge in [0.25, 0.3) is 0 Å². The zero-order chi connectivity index (χ0) is 17.8. The van der Waals surface area contributed by atoms with Gasteiger partial charge in [-0.25, -0.2) is 0 Å². The van der Waals surface area contributed by atoms with E-state index in [-0.39, 0.29) is 28.5 Å². The van der Waals surface area contributed by atoms with E-state index in [1.54, 1.807) is 6.07 Å². The third-order valence-electron chi connectivity index (χ3n) is 6.82. The number of carbonyl (C=O) groups is 1. The number of quaternary nitrogens is 2. The van der Waals surface area contributed by atoms with Gasteiger partial charge < -0.3 is 10.2 Å². The molecule has 0 aliphatic carbocycles. The van der Waals surface area contributed by atoms with Gasteiger partial charge in [-0.15, -0.1) is 0 Å². The van der Waals surface area contributed by atoms with Gasteiger partial charge in [0, 0.05) is 6.07 Å². The van der Waals surface area contributed by atoms with Crippen molar-refractivity contribution in [1.82, 2.24) is 0 Å². The second kappa shape index (κ2) is 5.71. The average molecular weight is 346 g/mol. The van der Waals surface area contributed by atoms with Crippen molar-refractivity contribution < 1.29 is 24.8 Å². The monoisotopic (exact) mass is 346 g/mol. The van der Waals surface area contributed by atoms with Crippen LogP contribution in [0.1, 0.15) is 51.3 Å². The highest BCUT2D eigenvalue weighted by Gasteiger charge is 2.70. The molecule has 4 aliphatic rings. The lowest BCUT2D eigenvalue weighted by molar-refractivity contribution is -1.18. The molecule has 4 N–H and O–H groups in total. The van der Waals surface area contributed by atoms with Crippen molar-refractivity contribution in [3.63, 3.8) is 0 Å². The van der Waals surface area contributed by atoms with Crippen LogP contribution in [0.2, 0.25) is 0 Å². The molecular weight excluding hydrogens is 316 g/mol. The third kappa shape index (κ3) is 2.32. The largest absolute Gasteiger partial charge is 0.508 e. The van der Waals surface area contributed by atoms with Crippen molar-refractivity contribution in [1.29, 1.82) is 0 Å². The number of phenolic OH excluding ortho intramolecular Hbond substituents is 2. The van der Waals surface area contributed by atoms with E-state index in [2.05, 4.69) is 13.8 Å². The summed E-state index contributed by atoms with van der Waals surface area (Å²) in [6.45, 7) is 7.91. The number of Topliss-reactive ketones (excluding diaryl/α,β-unsaturated/α-hetero) is 1. The summed E-state index contributed by atoms with van der Waals surface area (Å²) in [4.78, 5) is 16.3. The van der Waals surface area contributed by atoms with Crippen LogP contribution >= 0.6 is 0 Å². The van der Waals surface area contributed by atoms with Gasteiger partial charge in [0.15, 0.2) is 5.78 Å². The van der Waals surface area contributed by atoms with Gasteiger partial charge in [-0.1, -0.05) is 26.7 Å². The van der Waals surface area contributed by atoms with Crippen LogP contribution in [0.25, 0.3) is 0 Å². The fraction of sp³-hybridized carbons (Fsp3) is 0.650. The van der Waals surface area contributed by atoms with Crippen molar-refractivity contribution >= 4 is 5.78 Å². The maximum absolute atomic E-state index is 13.4. The maximum Gasteiger partial charge on any atom is 0.243 e. The van der Waals surface area contributed by atoms with Gasteiger partial charge >= 0.3 is 0 Å². The molecule has 5 heteroatoms. The molecule has 0 radical (unpaired) electrons. The molecule has 136 valence electrons. The molecule has 4 saturated heterocycles. The minimum Gasteiger partial charge on any atom is -0.508 e. The van der Waals surface area contributed by atoms with Crippen LogP contribution in [0.4, 0.5) is 0 Å². The number of ketones is 1. The molecule has 0 atom stereocenters. The Hall–Kier alpha value is -1.59. The fourth-order valence-corrected chi connectivity index (χ4v) is 6.32. The van der Waals surface area contributed by atoms with Crippen LogP contribution in [0.15, 0.2) is 18.2 Å². The first-order valence-corrected chi connectivity index (χ1v) is 9.71. The normalized spacial score (nSPS) is 39.1. The zero-order valence-electron chi connectivity index (χ0n) is 15.3. The molecule has 4 aliphatic heterocycles. The Morgan fingerprint density at radius 1 is 1.00 bits per heavy atom. The van der Waals surface area contributed by atoms with Gasteiger partial charge in [-0.2, -0.15) is 0 Å². The summed E-state index contributed by atoms with van der Waals surface area (Å²) >= 11 is 0. The van der Waals surface area contributed by atoms with E-state index in [1.165, 1.54) is 15.9 Å². The molecule has 1 aromatic carbocycles. The Morgan fingerprint density at radius 3 is 1.96 bits per heavy atom. The van der Waals surface area contributed by atoms with E-state index in [0.717, 1.165) is 57.4 Å². The summed E-state index contributed by atoms with van der Waals surface area (Å²) in [5.41, 5.74) is 0.565. The molecule has 0 aromatic heterocycles. The Bertz CT molecular complexity index is 658. The SMILES string of the molecule is CCCC12C[NH+]3CC(CCC)(C[NH+](C1)C3c1ccc(O)cc1O)C2=O. The number of phenols is 2. The molecule has 5 nitrogen and oxygen atoms in total. The van der Waals surface area contributed by atoms with E-state index in [4.69, 9.17) is 0 Å². The highest BCUT2D eigenvalue weighted by atomic mass is 16.3. The van der Waals surface area contributed by atoms with Gasteiger partial charge in [0.1, 0.15) is 54.1 Å². The molecule has 4 fully saturated rings. The van der Waals surface area contributed by atoms with Crippen molar-refractivity contribution in [2.75, 3.05) is 26.2 Å². The van der Waals surface area contributed by atoms with E-state index in [0.29, 0.717) is 5.78 Å². The first-order valence-electron chi connectivity index (χ1n) is 9.71. The van der Waals surface area contributed by atoms with E-state index in [9.17, 15) is 15.0 Å². The second-order valence-corrected chi connectivity index (χ2v) is 8.59. The number of aromatic hydroxyl groups is 2. The van der Waals surface area contributed by atoms with Gasteiger partial charge in [0.2, 0.25) is 6.17 Å². The summed E-state index contributed by atoms with van der Waals surface area (Å²) in [5.74, 6) is 0.808. The van der Waals surface area contributed by atoms with Crippen LogP contribution in [-0.2, 0) is 4.79 Å². The van der Waals surface area contributed by atoms with Gasteiger partial charge in [0.05, 0.1) is 0 Å². The molecule has 1 aromatic rings. The molecule has 4 bridgehead atoms. The van der Waals surface area contributed by atoms with Gasteiger partial charge in [-0.3, -0.25) is 14.6 Å². The summed E-state index contributed by atoms with van der Waals surface area (Å²) < 4.78 is 0. The number of carbonyl (C=O) groups excluding carboxylic acids is 1. The zero-order valence-corrected chi connectivity index (χ0v) is 15.3. The number of piperidine rings is 2. The summed E-state index contributed by atoms with van der Waals surface area (Å²) in [7, 11) is 0. The lowest BCUT2D eigenvalue weighted by Gasteiger charge is -2.60. The minimum atomic E-state index is -0.172. The number of benzene rings is 1. The smallest absolute Gasteiger partial charge is 0.243 e. The van der Waals surface area contributed by atoms with Crippen LogP contribution < -0.4 is 9.80 Å². The second-order valence-electron chi connectivity index (χ2n) is 8.59. The Labute approximate surface area is 149 Å². The average Bonchev–Trinajstić information content (AvgIpc) is 2.53. The quantitative estimate of drug-likeness (QED) is 0.609. The summed E-state index contributed by atoms with van der Waals surface area (Å²) in [6, 6.07) is 4.96. The molecule has 0 spiro atoms. The number of hydrogen-bond donors (Lipinski definition) is 4. The third-order valence-corrected chi connectivity index (χ3v) is 6.82. The lowest BCUT2D eigenvalue weighted by atomic mass is 9.57. The lowest BCUT2D eigenvalue weighted by Crippen LogP contribution is -3.41. The first kappa shape index (κ1) is 16.9. The summed E-state index contributed by atoms with van der Waals surface area (Å²) in [5, 5.41) is 20.0. The maximum atomic E-state index is 13.4. The van der Waals surface area contributed by atoms with Gasteiger partial charge in [-0.05, 0) is 25.0 Å². The Balaban J connectivity index is 1.75. The highest BCUT2D eigenvalue weighted by molar-refractivity contribution is 5.92. The minimum absolute atomic E-state index is 0.0974. The van der Waals surface area contributed by atoms with Crippen LogP contribution in [0, 0.1) is 10.8 Å². The molecule has 5 rings (SSSR count). The predicted molar refractivity (Wildman–Crippen MR) is 93.6 cm³/mol. The number of nitrogens with one attached hydrogen (secondary N) is 2. The molecule has 25 heavy (non-hydrogen) atoms.